The molecule has 2 aromatic carbocycles. The van der Waals surface area contributed by atoms with Crippen molar-refractivity contribution in [3.8, 4) is 0 Å². The molecular formula is C22H19Cl2N3O5. The van der Waals surface area contributed by atoms with Crippen molar-refractivity contribution in [1.29, 1.82) is 0 Å². The number of urea groups is 1. The standard InChI is InChI=1S/C22H19Cl2N3O5/c1-3-4-18(29)25-22(32)27-17-6-5-12(11(2)28)9-16(17)19(21(27)31)26-20(30)13-7-14(23)10-15(24)8-13/h5-10,19H,3-4H2,1-2H3,(H,26,30)(H,25,29,32). The van der Waals surface area contributed by atoms with E-state index in [1.165, 1.54) is 43.3 Å². The largest absolute Gasteiger partial charge is 0.336 e. The number of anilines is 1. The maximum atomic E-state index is 13.1. The third-order valence-electron chi connectivity index (χ3n) is 4.78. The second kappa shape index (κ2) is 9.50. The zero-order chi connectivity index (χ0) is 23.6. The zero-order valence-electron chi connectivity index (χ0n) is 17.2. The lowest BCUT2D eigenvalue weighted by molar-refractivity contribution is -0.120. The molecule has 166 valence electrons. The number of nitrogens with zero attached hydrogens (tertiary/aromatic N) is 1. The van der Waals surface area contributed by atoms with E-state index in [9.17, 15) is 24.0 Å². The Bertz CT molecular complexity index is 1130. The highest BCUT2D eigenvalue weighted by Gasteiger charge is 2.42. The van der Waals surface area contributed by atoms with Gasteiger partial charge in [-0.15, -0.1) is 0 Å². The second-order valence-electron chi connectivity index (χ2n) is 7.17. The number of carbonyl (C=O) groups excluding carboxylic acids is 5. The minimum Gasteiger partial charge on any atom is -0.336 e. The van der Waals surface area contributed by atoms with E-state index < -0.39 is 29.8 Å². The summed E-state index contributed by atoms with van der Waals surface area (Å²) in [5, 5.41) is 5.19. The Kier molecular flexibility index (Phi) is 6.96. The smallest absolute Gasteiger partial charge is 0.335 e. The Morgan fingerprint density at radius 3 is 2.25 bits per heavy atom. The predicted molar refractivity (Wildman–Crippen MR) is 119 cm³/mol. The number of halogens is 2. The van der Waals surface area contributed by atoms with E-state index in [0.29, 0.717) is 12.0 Å². The molecule has 1 aliphatic heterocycles. The molecule has 0 spiro atoms. The van der Waals surface area contributed by atoms with Gasteiger partial charge in [-0.2, -0.15) is 0 Å². The molecule has 0 aromatic heterocycles. The number of Topliss-reactive ketones (excluding diaryl/α,β-unsaturated/α-hetero) is 1. The van der Waals surface area contributed by atoms with Crippen LogP contribution < -0.4 is 15.5 Å². The lowest BCUT2D eigenvalue weighted by Crippen LogP contribution is -2.47. The summed E-state index contributed by atoms with van der Waals surface area (Å²) in [5.74, 6) is -2.22. The van der Waals surface area contributed by atoms with Crippen molar-refractivity contribution in [3.05, 3.63) is 63.1 Å². The van der Waals surface area contributed by atoms with Gasteiger partial charge in [-0.25, -0.2) is 9.69 Å². The minimum absolute atomic E-state index is 0.111. The van der Waals surface area contributed by atoms with Gasteiger partial charge in [0.1, 0.15) is 6.04 Å². The quantitative estimate of drug-likeness (QED) is 0.633. The van der Waals surface area contributed by atoms with Crippen LogP contribution in [0.5, 0.6) is 0 Å². The monoisotopic (exact) mass is 475 g/mol. The molecule has 2 N–H and O–H groups in total. The Balaban J connectivity index is 1.97. The van der Waals surface area contributed by atoms with Crippen molar-refractivity contribution in [1.82, 2.24) is 10.6 Å². The van der Waals surface area contributed by atoms with Crippen LogP contribution in [0.15, 0.2) is 36.4 Å². The van der Waals surface area contributed by atoms with Gasteiger partial charge in [-0.1, -0.05) is 30.1 Å². The summed E-state index contributed by atoms with van der Waals surface area (Å²) in [6.07, 6.45) is 0.631. The second-order valence-corrected chi connectivity index (χ2v) is 8.04. The number of hydrogen-bond donors (Lipinski definition) is 2. The molecule has 1 atom stereocenters. The molecule has 32 heavy (non-hydrogen) atoms. The van der Waals surface area contributed by atoms with Crippen LogP contribution in [-0.2, 0) is 9.59 Å². The van der Waals surface area contributed by atoms with Gasteiger partial charge in [0.15, 0.2) is 5.78 Å². The number of ketones is 1. The molecule has 1 aliphatic rings. The van der Waals surface area contributed by atoms with E-state index in [0.717, 1.165) is 4.90 Å². The summed E-state index contributed by atoms with van der Waals surface area (Å²) in [6, 6.07) is 6.33. The lowest BCUT2D eigenvalue weighted by atomic mass is 10.0. The van der Waals surface area contributed by atoms with E-state index >= 15 is 0 Å². The van der Waals surface area contributed by atoms with Gasteiger partial charge in [-0.05, 0) is 49.7 Å². The number of hydrogen-bond acceptors (Lipinski definition) is 5. The number of imide groups is 2. The van der Waals surface area contributed by atoms with Crippen LogP contribution in [-0.4, -0.2) is 29.5 Å². The van der Waals surface area contributed by atoms with E-state index in [-0.39, 0.29) is 39.1 Å². The predicted octanol–water partition coefficient (Wildman–Crippen LogP) is 4.05. The first kappa shape index (κ1) is 23.4. The highest BCUT2D eigenvalue weighted by Crippen LogP contribution is 2.37. The Morgan fingerprint density at radius 2 is 1.66 bits per heavy atom. The molecule has 0 saturated carbocycles. The number of rotatable bonds is 5. The molecule has 0 aliphatic carbocycles. The molecule has 10 heteroatoms. The van der Waals surface area contributed by atoms with Gasteiger partial charge in [0.2, 0.25) is 5.91 Å². The van der Waals surface area contributed by atoms with Crippen LogP contribution in [0.2, 0.25) is 10.0 Å². The summed E-state index contributed by atoms with van der Waals surface area (Å²) >= 11 is 11.9. The van der Waals surface area contributed by atoms with Crippen LogP contribution >= 0.6 is 23.2 Å². The van der Waals surface area contributed by atoms with Crippen LogP contribution in [0.4, 0.5) is 10.5 Å². The number of amides is 5. The summed E-state index contributed by atoms with van der Waals surface area (Å²) in [7, 11) is 0. The fourth-order valence-corrected chi connectivity index (χ4v) is 3.83. The fraction of sp³-hybridized carbons (Fsp3) is 0.227. The van der Waals surface area contributed by atoms with Crippen molar-refractivity contribution in [2.24, 2.45) is 0 Å². The van der Waals surface area contributed by atoms with Gasteiger partial charge >= 0.3 is 6.03 Å². The summed E-state index contributed by atoms with van der Waals surface area (Å²) in [6.45, 7) is 3.13. The van der Waals surface area contributed by atoms with E-state index in [2.05, 4.69) is 10.6 Å². The molecule has 1 heterocycles. The number of benzene rings is 2. The first-order chi connectivity index (χ1) is 15.1. The molecule has 0 radical (unpaired) electrons. The van der Waals surface area contributed by atoms with Crippen molar-refractivity contribution in [3.63, 3.8) is 0 Å². The fourth-order valence-electron chi connectivity index (χ4n) is 3.30. The van der Waals surface area contributed by atoms with Crippen molar-refractivity contribution in [2.45, 2.75) is 32.7 Å². The Morgan fingerprint density at radius 1 is 1.00 bits per heavy atom. The minimum atomic E-state index is -1.26. The van der Waals surface area contributed by atoms with Crippen molar-refractivity contribution < 1.29 is 24.0 Å². The Labute approximate surface area is 193 Å². The van der Waals surface area contributed by atoms with Gasteiger partial charge in [-0.3, -0.25) is 24.5 Å². The van der Waals surface area contributed by atoms with Crippen molar-refractivity contribution in [2.75, 3.05) is 4.90 Å². The number of fused-ring (bicyclic) bond motifs is 1. The summed E-state index contributed by atoms with van der Waals surface area (Å²) in [5.41, 5.74) is 0.824. The van der Waals surface area contributed by atoms with Gasteiger partial charge in [0.05, 0.1) is 5.69 Å². The average Bonchev–Trinajstić information content (AvgIpc) is 2.98. The van der Waals surface area contributed by atoms with Crippen LogP contribution in [0, 0.1) is 0 Å². The van der Waals surface area contributed by atoms with Crippen LogP contribution in [0.1, 0.15) is 59.0 Å². The molecular weight excluding hydrogens is 457 g/mol. The van der Waals surface area contributed by atoms with Crippen LogP contribution in [0.25, 0.3) is 0 Å². The molecule has 2 aromatic rings. The maximum absolute atomic E-state index is 13.1. The van der Waals surface area contributed by atoms with Crippen molar-refractivity contribution >= 4 is 58.4 Å². The average molecular weight is 476 g/mol. The Hall–Kier alpha value is -3.23. The summed E-state index contributed by atoms with van der Waals surface area (Å²) < 4.78 is 0. The number of nitrogens with one attached hydrogen (secondary N) is 2. The first-order valence-corrected chi connectivity index (χ1v) is 10.5. The molecule has 8 nitrogen and oxygen atoms in total. The molecule has 0 bridgehead atoms. The highest BCUT2D eigenvalue weighted by molar-refractivity contribution is 6.35. The normalized spacial score (nSPS) is 14.7. The lowest BCUT2D eigenvalue weighted by Gasteiger charge is -2.16. The molecule has 0 fully saturated rings. The summed E-state index contributed by atoms with van der Waals surface area (Å²) in [4.78, 5) is 63.1. The molecule has 3 rings (SSSR count). The number of carbonyl (C=O) groups is 5. The third-order valence-corrected chi connectivity index (χ3v) is 5.22. The molecule has 5 amide bonds. The van der Waals surface area contributed by atoms with E-state index in [1.54, 1.807) is 6.92 Å². The van der Waals surface area contributed by atoms with Crippen LogP contribution in [0.3, 0.4) is 0 Å². The van der Waals surface area contributed by atoms with E-state index in [1.807, 2.05) is 0 Å². The van der Waals surface area contributed by atoms with Gasteiger partial charge in [0, 0.05) is 33.2 Å². The first-order valence-electron chi connectivity index (χ1n) is 9.72. The topological polar surface area (TPSA) is 113 Å². The molecule has 1 unspecified atom stereocenters. The maximum Gasteiger partial charge on any atom is 0.335 e. The molecule has 0 saturated heterocycles. The third kappa shape index (κ3) is 4.81. The van der Waals surface area contributed by atoms with E-state index in [4.69, 9.17) is 23.2 Å². The van der Waals surface area contributed by atoms with Gasteiger partial charge < -0.3 is 5.32 Å². The van der Waals surface area contributed by atoms with Gasteiger partial charge in [0.25, 0.3) is 11.8 Å². The highest BCUT2D eigenvalue weighted by atomic mass is 35.5. The zero-order valence-corrected chi connectivity index (χ0v) is 18.7. The SMILES string of the molecule is CCCC(=O)NC(=O)N1C(=O)C(NC(=O)c2cc(Cl)cc(Cl)c2)c2cc(C(C)=O)ccc21.